The summed E-state index contributed by atoms with van der Waals surface area (Å²) < 4.78 is 0. The molecule has 2 N–H and O–H groups in total. The lowest BCUT2D eigenvalue weighted by molar-refractivity contribution is 0.633. The van der Waals surface area contributed by atoms with Crippen LogP contribution in [0.5, 0.6) is 0 Å². The van der Waals surface area contributed by atoms with Crippen LogP contribution in [0.3, 0.4) is 0 Å². The molecule has 1 aromatic carbocycles. The minimum absolute atomic E-state index is 0.505. The predicted molar refractivity (Wildman–Crippen MR) is 81.5 cm³/mol. The summed E-state index contributed by atoms with van der Waals surface area (Å²) in [5.41, 5.74) is 2.68. The van der Waals surface area contributed by atoms with Crippen molar-refractivity contribution in [2.75, 3.05) is 13.6 Å². The summed E-state index contributed by atoms with van der Waals surface area (Å²) in [5, 5.41) is 6.82. The monoisotopic (exact) mass is 257 g/mol. The highest BCUT2D eigenvalue weighted by Gasteiger charge is 2.11. The molecule has 0 aromatic heterocycles. The second-order valence-electron chi connectivity index (χ2n) is 5.02. The standard InChI is InChI=1S/C16H23N3/c1-13-6-5-7-14(12-13)10-11-18-16(17-2)19-15-8-3-4-9-15/h3-7,12,15H,8-11H2,1-2H3,(H2,17,18,19). The van der Waals surface area contributed by atoms with Gasteiger partial charge in [0.25, 0.3) is 0 Å². The van der Waals surface area contributed by atoms with Gasteiger partial charge in [-0.05, 0) is 31.7 Å². The number of aliphatic imine (C=N–C) groups is 1. The first-order valence-corrected chi connectivity index (χ1v) is 6.95. The minimum atomic E-state index is 0.505. The van der Waals surface area contributed by atoms with E-state index >= 15 is 0 Å². The van der Waals surface area contributed by atoms with E-state index in [0.29, 0.717) is 6.04 Å². The van der Waals surface area contributed by atoms with Gasteiger partial charge in [-0.1, -0.05) is 42.0 Å². The molecule has 0 aliphatic heterocycles. The van der Waals surface area contributed by atoms with E-state index in [4.69, 9.17) is 0 Å². The van der Waals surface area contributed by atoms with E-state index in [1.807, 2.05) is 7.05 Å². The van der Waals surface area contributed by atoms with Gasteiger partial charge >= 0.3 is 0 Å². The Morgan fingerprint density at radius 3 is 2.79 bits per heavy atom. The molecule has 2 rings (SSSR count). The molecule has 0 saturated carbocycles. The number of nitrogens with one attached hydrogen (secondary N) is 2. The van der Waals surface area contributed by atoms with Gasteiger partial charge in [-0.2, -0.15) is 0 Å². The molecular weight excluding hydrogens is 234 g/mol. The summed E-state index contributed by atoms with van der Waals surface area (Å²) in [6.45, 7) is 3.04. The fourth-order valence-corrected chi connectivity index (χ4v) is 2.32. The Labute approximate surface area is 115 Å². The summed E-state index contributed by atoms with van der Waals surface area (Å²) in [5.74, 6) is 0.904. The zero-order valence-corrected chi connectivity index (χ0v) is 11.8. The van der Waals surface area contributed by atoms with Crippen LogP contribution in [0.15, 0.2) is 41.4 Å². The van der Waals surface area contributed by atoms with Crippen molar-refractivity contribution < 1.29 is 0 Å². The smallest absolute Gasteiger partial charge is 0.191 e. The fourth-order valence-electron chi connectivity index (χ4n) is 2.32. The van der Waals surface area contributed by atoms with Gasteiger partial charge in [0.1, 0.15) is 0 Å². The molecule has 0 heterocycles. The van der Waals surface area contributed by atoms with Gasteiger partial charge < -0.3 is 10.6 Å². The third-order valence-electron chi connectivity index (χ3n) is 3.36. The first-order valence-electron chi connectivity index (χ1n) is 6.95. The van der Waals surface area contributed by atoms with Gasteiger partial charge in [-0.25, -0.2) is 0 Å². The SMILES string of the molecule is CN=C(NCCc1cccc(C)c1)NC1CC=CC1. The van der Waals surface area contributed by atoms with Gasteiger partial charge in [-0.15, -0.1) is 0 Å². The molecule has 0 amide bonds. The van der Waals surface area contributed by atoms with Crippen molar-refractivity contribution in [3.05, 3.63) is 47.5 Å². The fraction of sp³-hybridized carbons (Fsp3) is 0.438. The maximum Gasteiger partial charge on any atom is 0.191 e. The molecule has 0 spiro atoms. The lowest BCUT2D eigenvalue weighted by Crippen LogP contribution is -2.43. The Morgan fingerprint density at radius 2 is 2.11 bits per heavy atom. The zero-order valence-electron chi connectivity index (χ0n) is 11.8. The molecule has 0 atom stereocenters. The number of hydrogen-bond acceptors (Lipinski definition) is 1. The Balaban J connectivity index is 1.74. The normalized spacial score (nSPS) is 15.8. The predicted octanol–water partition coefficient (Wildman–Crippen LogP) is 2.42. The number of aryl methyl sites for hydroxylation is 1. The average molecular weight is 257 g/mol. The Hall–Kier alpha value is -1.77. The van der Waals surface area contributed by atoms with Crippen molar-refractivity contribution >= 4 is 5.96 Å². The molecule has 0 radical (unpaired) electrons. The number of nitrogens with zero attached hydrogens (tertiary/aromatic N) is 1. The van der Waals surface area contributed by atoms with Gasteiger partial charge in [0.15, 0.2) is 5.96 Å². The molecule has 102 valence electrons. The second kappa shape index (κ2) is 6.98. The topological polar surface area (TPSA) is 36.4 Å². The van der Waals surface area contributed by atoms with E-state index < -0.39 is 0 Å². The van der Waals surface area contributed by atoms with Crippen LogP contribution in [0.1, 0.15) is 24.0 Å². The highest BCUT2D eigenvalue weighted by molar-refractivity contribution is 5.80. The molecule has 1 aliphatic rings. The van der Waals surface area contributed by atoms with Gasteiger partial charge in [-0.3, -0.25) is 4.99 Å². The van der Waals surface area contributed by atoms with Gasteiger partial charge in [0.05, 0.1) is 0 Å². The Kier molecular flexibility index (Phi) is 5.01. The van der Waals surface area contributed by atoms with E-state index in [1.54, 1.807) is 0 Å². The first-order chi connectivity index (χ1) is 9.28. The van der Waals surface area contributed by atoms with Crippen molar-refractivity contribution in [1.29, 1.82) is 0 Å². The average Bonchev–Trinajstić information content (AvgIpc) is 2.90. The second-order valence-corrected chi connectivity index (χ2v) is 5.02. The molecular formula is C16H23N3. The number of hydrogen-bond donors (Lipinski definition) is 2. The first kappa shape index (κ1) is 13.7. The summed E-state index contributed by atoms with van der Waals surface area (Å²) in [7, 11) is 1.82. The summed E-state index contributed by atoms with van der Waals surface area (Å²) in [6.07, 6.45) is 7.65. The summed E-state index contributed by atoms with van der Waals surface area (Å²) in [6, 6.07) is 9.15. The molecule has 1 aromatic rings. The molecule has 3 heteroatoms. The van der Waals surface area contributed by atoms with Gasteiger partial charge in [0, 0.05) is 19.6 Å². The van der Waals surface area contributed by atoms with Crippen molar-refractivity contribution in [3.63, 3.8) is 0 Å². The Morgan fingerprint density at radius 1 is 1.32 bits per heavy atom. The van der Waals surface area contributed by atoms with E-state index in [-0.39, 0.29) is 0 Å². The van der Waals surface area contributed by atoms with Crippen molar-refractivity contribution in [1.82, 2.24) is 10.6 Å². The van der Waals surface area contributed by atoms with Crippen molar-refractivity contribution in [2.45, 2.75) is 32.2 Å². The molecule has 0 fully saturated rings. The van der Waals surface area contributed by atoms with Crippen molar-refractivity contribution in [2.24, 2.45) is 4.99 Å². The van der Waals surface area contributed by atoms with Crippen molar-refractivity contribution in [3.8, 4) is 0 Å². The summed E-state index contributed by atoms with van der Waals surface area (Å²) >= 11 is 0. The van der Waals surface area contributed by atoms with Gasteiger partial charge in [0.2, 0.25) is 0 Å². The third kappa shape index (κ3) is 4.43. The van der Waals surface area contributed by atoms with E-state index in [2.05, 4.69) is 59.0 Å². The largest absolute Gasteiger partial charge is 0.356 e. The highest BCUT2D eigenvalue weighted by Crippen LogP contribution is 2.08. The lowest BCUT2D eigenvalue weighted by Gasteiger charge is -2.16. The quantitative estimate of drug-likeness (QED) is 0.494. The number of benzene rings is 1. The van der Waals surface area contributed by atoms with Crippen LogP contribution in [0.25, 0.3) is 0 Å². The maximum atomic E-state index is 4.27. The molecule has 0 saturated heterocycles. The molecule has 0 unspecified atom stereocenters. The number of guanidine groups is 1. The summed E-state index contributed by atoms with van der Waals surface area (Å²) in [4.78, 5) is 4.27. The van der Waals surface area contributed by atoms with E-state index in [9.17, 15) is 0 Å². The van der Waals surface area contributed by atoms with E-state index in [1.165, 1.54) is 11.1 Å². The molecule has 19 heavy (non-hydrogen) atoms. The molecule has 3 nitrogen and oxygen atoms in total. The van der Waals surface area contributed by atoms with Crippen LogP contribution >= 0.6 is 0 Å². The van der Waals surface area contributed by atoms with Crippen LogP contribution < -0.4 is 10.6 Å². The number of rotatable bonds is 4. The van der Waals surface area contributed by atoms with Crippen LogP contribution in [-0.4, -0.2) is 25.6 Å². The maximum absolute atomic E-state index is 4.27. The van der Waals surface area contributed by atoms with E-state index in [0.717, 1.165) is 31.8 Å². The third-order valence-corrected chi connectivity index (χ3v) is 3.36. The van der Waals surface area contributed by atoms with Crippen LogP contribution in [0.4, 0.5) is 0 Å². The molecule has 1 aliphatic carbocycles. The molecule has 0 bridgehead atoms. The zero-order chi connectivity index (χ0) is 13.5. The van der Waals surface area contributed by atoms with Crippen LogP contribution in [0, 0.1) is 6.92 Å². The Bertz CT molecular complexity index is 455. The minimum Gasteiger partial charge on any atom is -0.356 e. The van der Waals surface area contributed by atoms with Crippen LogP contribution in [-0.2, 0) is 6.42 Å². The lowest BCUT2D eigenvalue weighted by atomic mass is 10.1. The highest BCUT2D eigenvalue weighted by atomic mass is 15.2. The van der Waals surface area contributed by atoms with Crippen LogP contribution in [0.2, 0.25) is 0 Å².